The van der Waals surface area contributed by atoms with Gasteiger partial charge in [-0.25, -0.2) is 0 Å². The fourth-order valence-electron chi connectivity index (χ4n) is 2.82. The van der Waals surface area contributed by atoms with Crippen LogP contribution in [0.3, 0.4) is 0 Å². The van der Waals surface area contributed by atoms with Gasteiger partial charge in [0.05, 0.1) is 12.1 Å². The summed E-state index contributed by atoms with van der Waals surface area (Å²) in [7, 11) is 5.63. The summed E-state index contributed by atoms with van der Waals surface area (Å²) in [5.74, 6) is 1.69. The molecule has 0 aliphatic carbocycles. The molecule has 5 heteroatoms. The highest BCUT2D eigenvalue weighted by Crippen LogP contribution is 2.40. The molecule has 1 heterocycles. The van der Waals surface area contributed by atoms with E-state index in [1.54, 1.807) is 7.11 Å². The summed E-state index contributed by atoms with van der Waals surface area (Å²) in [4.78, 5) is 6.94. The van der Waals surface area contributed by atoms with Crippen molar-refractivity contribution in [2.75, 3.05) is 21.2 Å². The van der Waals surface area contributed by atoms with Crippen LogP contribution in [-0.2, 0) is 6.42 Å². The molecule has 0 aromatic heterocycles. The fourth-order valence-corrected chi connectivity index (χ4v) is 3.31. The zero-order chi connectivity index (χ0) is 16.6. The maximum absolute atomic E-state index is 6.41. The molecule has 23 heavy (non-hydrogen) atoms. The molecule has 1 unspecified atom stereocenters. The summed E-state index contributed by atoms with van der Waals surface area (Å²) in [6, 6.07) is 11.6. The van der Waals surface area contributed by atoms with Gasteiger partial charge in [0, 0.05) is 25.5 Å². The maximum atomic E-state index is 6.41. The number of amidine groups is 1. The second-order valence-corrected chi connectivity index (χ2v) is 6.54. The van der Waals surface area contributed by atoms with Gasteiger partial charge in [0.2, 0.25) is 0 Å². The van der Waals surface area contributed by atoms with E-state index in [2.05, 4.69) is 0 Å². The number of aliphatic imine (C=N–C) groups is 1. The molecule has 0 bridgehead atoms. The van der Waals surface area contributed by atoms with Gasteiger partial charge in [-0.3, -0.25) is 4.99 Å². The lowest BCUT2D eigenvalue weighted by atomic mass is 9.90. The van der Waals surface area contributed by atoms with Crippen molar-refractivity contribution >= 4 is 29.0 Å². The van der Waals surface area contributed by atoms with Crippen molar-refractivity contribution in [1.29, 1.82) is 0 Å². The number of halogens is 2. The van der Waals surface area contributed by atoms with E-state index < -0.39 is 0 Å². The van der Waals surface area contributed by atoms with Gasteiger partial charge in [-0.1, -0.05) is 41.4 Å². The molecule has 1 atom stereocenters. The summed E-state index contributed by atoms with van der Waals surface area (Å²) < 4.78 is 5.36. The number of rotatable bonds is 2. The Bertz CT molecular complexity index is 772. The lowest BCUT2D eigenvalue weighted by Crippen LogP contribution is -2.29. The summed E-state index contributed by atoms with van der Waals surface area (Å²) in [6.07, 6.45) is 0.747. The molecule has 2 aromatic carbocycles. The number of nitrogens with zero attached hydrogens (tertiary/aromatic N) is 2. The third-order valence-corrected chi connectivity index (χ3v) is 4.69. The summed E-state index contributed by atoms with van der Waals surface area (Å²) in [6.45, 7) is 0. The minimum Gasteiger partial charge on any atom is -0.495 e. The van der Waals surface area contributed by atoms with Gasteiger partial charge in [0.15, 0.2) is 0 Å². The first-order valence-corrected chi connectivity index (χ1v) is 8.11. The van der Waals surface area contributed by atoms with E-state index in [1.807, 2.05) is 55.4 Å². The van der Waals surface area contributed by atoms with Crippen LogP contribution >= 0.6 is 23.2 Å². The van der Waals surface area contributed by atoms with Crippen LogP contribution in [0.15, 0.2) is 41.4 Å². The monoisotopic (exact) mass is 348 g/mol. The molecule has 0 N–H and O–H groups in total. The van der Waals surface area contributed by atoms with Crippen molar-refractivity contribution in [2.24, 2.45) is 4.99 Å². The zero-order valence-corrected chi connectivity index (χ0v) is 14.8. The smallest absolute Gasteiger partial charge is 0.137 e. The van der Waals surface area contributed by atoms with Crippen LogP contribution in [0.4, 0.5) is 0 Å². The molecule has 0 saturated heterocycles. The Morgan fingerprint density at radius 3 is 2.48 bits per heavy atom. The van der Waals surface area contributed by atoms with Gasteiger partial charge in [-0.2, -0.15) is 0 Å². The van der Waals surface area contributed by atoms with Crippen LogP contribution in [0.5, 0.6) is 5.75 Å². The molecule has 0 spiro atoms. The average Bonchev–Trinajstić information content (AvgIpc) is 2.54. The largest absolute Gasteiger partial charge is 0.495 e. The first kappa shape index (κ1) is 16.2. The topological polar surface area (TPSA) is 24.8 Å². The number of hydrogen-bond donors (Lipinski definition) is 0. The molecule has 0 amide bonds. The van der Waals surface area contributed by atoms with Gasteiger partial charge < -0.3 is 9.64 Å². The van der Waals surface area contributed by atoms with Crippen molar-refractivity contribution in [1.82, 2.24) is 4.90 Å². The van der Waals surface area contributed by atoms with E-state index in [0.717, 1.165) is 28.9 Å². The molecule has 0 radical (unpaired) electrons. The predicted octanol–water partition coefficient (Wildman–Crippen LogP) is 4.61. The van der Waals surface area contributed by atoms with Crippen molar-refractivity contribution in [2.45, 2.75) is 12.5 Å². The second kappa shape index (κ2) is 6.42. The molecule has 3 nitrogen and oxygen atoms in total. The van der Waals surface area contributed by atoms with Crippen LogP contribution in [0, 0.1) is 0 Å². The molecule has 120 valence electrons. The molecular weight excluding hydrogens is 331 g/mol. The number of likely N-dealkylation sites (N-methyl/N-ethyl adjacent to an activating group) is 1. The van der Waals surface area contributed by atoms with Gasteiger partial charge in [-0.15, -0.1) is 0 Å². The van der Waals surface area contributed by atoms with Gasteiger partial charge in [0.25, 0.3) is 0 Å². The Balaban J connectivity index is 2.19. The Morgan fingerprint density at radius 1 is 1.09 bits per heavy atom. The summed E-state index contributed by atoms with van der Waals surface area (Å²) in [5, 5.41) is 1.30. The highest BCUT2D eigenvalue weighted by molar-refractivity contribution is 6.32. The standard InChI is InChI=1S/C18H18Cl2N2O/c1-22(2)17-9-11-8-16(23-3)15(20)10-13(11)18(21-17)12-6-4-5-7-14(12)19/h4-8,10,18H,9H2,1-3H3. The third-order valence-electron chi connectivity index (χ3n) is 4.05. The Labute approximate surface area is 146 Å². The van der Waals surface area contributed by atoms with Gasteiger partial charge in [-0.05, 0) is 34.9 Å². The van der Waals surface area contributed by atoms with Crippen molar-refractivity contribution in [3.8, 4) is 5.75 Å². The number of fused-ring (bicyclic) bond motifs is 1. The van der Waals surface area contributed by atoms with E-state index in [0.29, 0.717) is 15.8 Å². The normalized spacial score (nSPS) is 16.6. The number of ether oxygens (including phenoxy) is 1. The van der Waals surface area contributed by atoms with Crippen molar-refractivity contribution < 1.29 is 4.74 Å². The first-order chi connectivity index (χ1) is 11.0. The predicted molar refractivity (Wildman–Crippen MR) is 96.1 cm³/mol. The van der Waals surface area contributed by atoms with Gasteiger partial charge >= 0.3 is 0 Å². The highest BCUT2D eigenvalue weighted by atomic mass is 35.5. The quantitative estimate of drug-likeness (QED) is 0.791. The SMILES string of the molecule is COc1cc2c(cc1Cl)C(c1ccccc1Cl)N=C(N(C)C)C2. The summed E-state index contributed by atoms with van der Waals surface area (Å²) >= 11 is 12.7. The maximum Gasteiger partial charge on any atom is 0.137 e. The minimum atomic E-state index is -0.159. The molecule has 0 fully saturated rings. The summed E-state index contributed by atoms with van der Waals surface area (Å²) in [5.41, 5.74) is 3.22. The van der Waals surface area contributed by atoms with E-state index >= 15 is 0 Å². The van der Waals surface area contributed by atoms with E-state index in [4.69, 9.17) is 32.9 Å². The molecule has 1 aliphatic rings. The molecular formula is C18H18Cl2N2O. The first-order valence-electron chi connectivity index (χ1n) is 7.36. The van der Waals surface area contributed by atoms with Crippen LogP contribution in [-0.4, -0.2) is 31.9 Å². The van der Waals surface area contributed by atoms with E-state index in [9.17, 15) is 0 Å². The Hall–Kier alpha value is -1.71. The van der Waals surface area contributed by atoms with Crippen LogP contribution in [0.25, 0.3) is 0 Å². The molecule has 1 aliphatic heterocycles. The zero-order valence-electron chi connectivity index (χ0n) is 13.3. The fraction of sp³-hybridized carbons (Fsp3) is 0.278. The minimum absolute atomic E-state index is 0.159. The Kier molecular flexibility index (Phi) is 4.51. The molecule has 2 aromatic rings. The van der Waals surface area contributed by atoms with Crippen LogP contribution in [0.2, 0.25) is 10.0 Å². The molecule has 0 saturated carbocycles. The number of methoxy groups -OCH3 is 1. The average molecular weight is 349 g/mol. The Morgan fingerprint density at radius 2 is 1.83 bits per heavy atom. The lowest BCUT2D eigenvalue weighted by molar-refractivity contribution is 0.414. The van der Waals surface area contributed by atoms with Crippen molar-refractivity contribution in [3.63, 3.8) is 0 Å². The van der Waals surface area contributed by atoms with E-state index in [-0.39, 0.29) is 6.04 Å². The van der Waals surface area contributed by atoms with Crippen LogP contribution in [0.1, 0.15) is 22.7 Å². The van der Waals surface area contributed by atoms with Crippen molar-refractivity contribution in [3.05, 3.63) is 63.1 Å². The number of hydrogen-bond acceptors (Lipinski definition) is 3. The molecule has 3 rings (SSSR count). The number of benzene rings is 2. The van der Waals surface area contributed by atoms with E-state index in [1.165, 1.54) is 0 Å². The third kappa shape index (κ3) is 3.04. The highest BCUT2D eigenvalue weighted by Gasteiger charge is 2.27. The lowest BCUT2D eigenvalue weighted by Gasteiger charge is -2.28. The van der Waals surface area contributed by atoms with Gasteiger partial charge in [0.1, 0.15) is 17.6 Å². The van der Waals surface area contributed by atoms with Crippen LogP contribution < -0.4 is 4.74 Å². The second-order valence-electron chi connectivity index (χ2n) is 5.73.